The molecule has 0 aliphatic rings. The fourth-order valence-corrected chi connectivity index (χ4v) is 2.35. The second-order valence-corrected chi connectivity index (χ2v) is 5.92. The summed E-state index contributed by atoms with van der Waals surface area (Å²) in [5, 5.41) is 15.0. The molecular formula is C20H23FN4O. The van der Waals surface area contributed by atoms with Gasteiger partial charge in [0, 0.05) is 19.2 Å². The molecule has 2 aromatic rings. The highest BCUT2D eigenvalue weighted by Gasteiger charge is 2.08. The summed E-state index contributed by atoms with van der Waals surface area (Å²) in [6.07, 6.45) is -0.0682. The third-order valence-electron chi connectivity index (χ3n) is 3.83. The van der Waals surface area contributed by atoms with Crippen molar-refractivity contribution in [3.8, 4) is 11.8 Å². The largest absolute Gasteiger partial charge is 0.489 e. The molecule has 2 rings (SSSR count). The quantitative estimate of drug-likeness (QED) is 0.618. The van der Waals surface area contributed by atoms with E-state index < -0.39 is 5.82 Å². The standard InChI is InChI=1S/C20H23FN4O/c1-14-6-4-5-7-19(14)26-15(2)12-24-20(23-3)25-13-17-9-8-16(11-22)10-18(17)21/h4-10,15H,12-13H2,1-3H3,(H2,23,24,25). The number of para-hydroxylation sites is 1. The number of ether oxygens (including phenoxy) is 1. The van der Waals surface area contributed by atoms with E-state index in [1.807, 2.05) is 44.2 Å². The van der Waals surface area contributed by atoms with Crippen molar-refractivity contribution in [2.45, 2.75) is 26.5 Å². The van der Waals surface area contributed by atoms with Crippen molar-refractivity contribution in [1.29, 1.82) is 5.26 Å². The summed E-state index contributed by atoms with van der Waals surface area (Å²) in [6.45, 7) is 4.78. The Hall–Kier alpha value is -3.07. The van der Waals surface area contributed by atoms with Gasteiger partial charge in [-0.25, -0.2) is 4.39 Å². The van der Waals surface area contributed by atoms with Gasteiger partial charge >= 0.3 is 0 Å². The van der Waals surface area contributed by atoms with Gasteiger partial charge in [0.1, 0.15) is 17.7 Å². The maximum Gasteiger partial charge on any atom is 0.191 e. The van der Waals surface area contributed by atoms with E-state index in [2.05, 4.69) is 15.6 Å². The molecule has 2 N–H and O–H groups in total. The van der Waals surface area contributed by atoms with Crippen molar-refractivity contribution in [1.82, 2.24) is 10.6 Å². The van der Waals surface area contributed by atoms with E-state index in [0.29, 0.717) is 23.6 Å². The number of hydrogen-bond donors (Lipinski definition) is 2. The normalized spacial score (nSPS) is 12.2. The summed E-state index contributed by atoms with van der Waals surface area (Å²) in [5.41, 5.74) is 1.85. The summed E-state index contributed by atoms with van der Waals surface area (Å²) in [5.74, 6) is 0.988. The van der Waals surface area contributed by atoms with Crippen LogP contribution in [-0.4, -0.2) is 25.7 Å². The SMILES string of the molecule is CN=C(NCc1ccc(C#N)cc1F)NCC(C)Oc1ccccc1C. The third-order valence-corrected chi connectivity index (χ3v) is 3.83. The molecule has 0 saturated carbocycles. The van der Waals surface area contributed by atoms with Gasteiger partial charge in [-0.1, -0.05) is 24.3 Å². The molecule has 0 amide bonds. The summed E-state index contributed by atoms with van der Waals surface area (Å²) in [4.78, 5) is 4.13. The van der Waals surface area contributed by atoms with E-state index in [1.54, 1.807) is 19.2 Å². The van der Waals surface area contributed by atoms with Crippen LogP contribution in [-0.2, 0) is 6.54 Å². The van der Waals surface area contributed by atoms with Crippen LogP contribution in [0.25, 0.3) is 0 Å². The van der Waals surface area contributed by atoms with Crippen LogP contribution in [0.4, 0.5) is 4.39 Å². The van der Waals surface area contributed by atoms with Gasteiger partial charge in [0.25, 0.3) is 0 Å². The lowest BCUT2D eigenvalue weighted by molar-refractivity contribution is 0.222. The molecule has 0 spiro atoms. The van der Waals surface area contributed by atoms with E-state index in [0.717, 1.165) is 11.3 Å². The number of guanidine groups is 1. The molecule has 0 radical (unpaired) electrons. The number of halogens is 1. The summed E-state index contributed by atoms with van der Waals surface area (Å²) < 4.78 is 19.8. The Kier molecular flexibility index (Phi) is 6.98. The van der Waals surface area contributed by atoms with Gasteiger partial charge in [-0.3, -0.25) is 4.99 Å². The first-order valence-electron chi connectivity index (χ1n) is 8.38. The molecule has 2 aromatic carbocycles. The van der Waals surface area contributed by atoms with Crippen LogP contribution < -0.4 is 15.4 Å². The summed E-state index contributed by atoms with van der Waals surface area (Å²) in [7, 11) is 1.65. The number of aryl methyl sites for hydroxylation is 1. The number of nitrogens with one attached hydrogen (secondary N) is 2. The molecule has 0 heterocycles. The van der Waals surface area contributed by atoms with Crippen LogP contribution in [0.15, 0.2) is 47.5 Å². The van der Waals surface area contributed by atoms with Gasteiger partial charge in [-0.05, 0) is 37.6 Å². The molecule has 1 atom stereocenters. The van der Waals surface area contributed by atoms with Gasteiger partial charge < -0.3 is 15.4 Å². The van der Waals surface area contributed by atoms with Crippen molar-refractivity contribution in [2.75, 3.05) is 13.6 Å². The Morgan fingerprint density at radius 3 is 2.69 bits per heavy atom. The van der Waals surface area contributed by atoms with Gasteiger partial charge in [0.15, 0.2) is 5.96 Å². The second kappa shape index (κ2) is 9.42. The Morgan fingerprint density at radius 1 is 1.27 bits per heavy atom. The maximum atomic E-state index is 13.9. The van der Waals surface area contributed by atoms with E-state index in [4.69, 9.17) is 10.00 Å². The lowest BCUT2D eigenvalue weighted by Crippen LogP contribution is -2.41. The number of hydrogen-bond acceptors (Lipinski definition) is 3. The van der Waals surface area contributed by atoms with Crippen LogP contribution in [0.2, 0.25) is 0 Å². The molecule has 0 aliphatic heterocycles. The maximum absolute atomic E-state index is 13.9. The smallest absolute Gasteiger partial charge is 0.191 e. The lowest BCUT2D eigenvalue weighted by Gasteiger charge is -2.19. The highest BCUT2D eigenvalue weighted by atomic mass is 19.1. The van der Waals surface area contributed by atoms with E-state index >= 15 is 0 Å². The molecule has 6 heteroatoms. The average molecular weight is 354 g/mol. The van der Waals surface area contributed by atoms with Crippen LogP contribution >= 0.6 is 0 Å². The fourth-order valence-electron chi connectivity index (χ4n) is 2.35. The van der Waals surface area contributed by atoms with Crippen molar-refractivity contribution in [2.24, 2.45) is 4.99 Å². The molecule has 0 aliphatic carbocycles. The number of nitriles is 1. The van der Waals surface area contributed by atoms with Crippen molar-refractivity contribution in [3.63, 3.8) is 0 Å². The second-order valence-electron chi connectivity index (χ2n) is 5.92. The van der Waals surface area contributed by atoms with Crippen molar-refractivity contribution < 1.29 is 9.13 Å². The zero-order valence-corrected chi connectivity index (χ0v) is 15.2. The molecule has 26 heavy (non-hydrogen) atoms. The van der Waals surface area contributed by atoms with Gasteiger partial charge in [-0.15, -0.1) is 0 Å². The molecule has 0 saturated heterocycles. The van der Waals surface area contributed by atoms with Crippen molar-refractivity contribution in [3.05, 3.63) is 65.0 Å². The topological polar surface area (TPSA) is 69.4 Å². The Labute approximate surface area is 153 Å². The molecular weight excluding hydrogens is 331 g/mol. The highest BCUT2D eigenvalue weighted by molar-refractivity contribution is 5.79. The monoisotopic (exact) mass is 354 g/mol. The zero-order chi connectivity index (χ0) is 18.9. The van der Waals surface area contributed by atoms with E-state index in [1.165, 1.54) is 6.07 Å². The number of rotatable bonds is 6. The average Bonchev–Trinajstić information content (AvgIpc) is 2.64. The highest BCUT2D eigenvalue weighted by Crippen LogP contribution is 2.17. The van der Waals surface area contributed by atoms with Gasteiger partial charge in [-0.2, -0.15) is 5.26 Å². The Balaban J connectivity index is 1.84. The minimum atomic E-state index is -0.414. The molecule has 136 valence electrons. The predicted molar refractivity (Wildman–Crippen MR) is 101 cm³/mol. The van der Waals surface area contributed by atoms with Crippen molar-refractivity contribution >= 4 is 5.96 Å². The Bertz CT molecular complexity index is 814. The minimum Gasteiger partial charge on any atom is -0.489 e. The lowest BCUT2D eigenvalue weighted by atomic mass is 10.1. The summed E-state index contributed by atoms with van der Waals surface area (Å²) >= 11 is 0. The Morgan fingerprint density at radius 2 is 2.04 bits per heavy atom. The molecule has 0 fully saturated rings. The number of aliphatic imine (C=N–C) groups is 1. The minimum absolute atomic E-state index is 0.0682. The van der Waals surface area contributed by atoms with Crippen LogP contribution in [0.3, 0.4) is 0 Å². The van der Waals surface area contributed by atoms with Gasteiger partial charge in [0.05, 0.1) is 18.2 Å². The first kappa shape index (κ1) is 19.3. The zero-order valence-electron chi connectivity index (χ0n) is 15.2. The van der Waals surface area contributed by atoms with Crippen LogP contribution in [0, 0.1) is 24.1 Å². The third kappa shape index (κ3) is 5.49. The van der Waals surface area contributed by atoms with E-state index in [9.17, 15) is 4.39 Å². The van der Waals surface area contributed by atoms with E-state index in [-0.39, 0.29) is 12.6 Å². The van der Waals surface area contributed by atoms with Crippen LogP contribution in [0.1, 0.15) is 23.6 Å². The number of benzene rings is 2. The first-order valence-corrected chi connectivity index (χ1v) is 8.38. The molecule has 1 unspecified atom stereocenters. The summed E-state index contributed by atoms with van der Waals surface area (Å²) in [6, 6.07) is 14.2. The molecule has 0 aromatic heterocycles. The molecule has 5 nitrogen and oxygen atoms in total. The predicted octanol–water partition coefficient (Wildman–Crippen LogP) is 3.14. The first-order chi connectivity index (χ1) is 12.5. The molecule has 0 bridgehead atoms. The van der Waals surface area contributed by atoms with Gasteiger partial charge in [0.2, 0.25) is 0 Å². The number of nitrogens with zero attached hydrogens (tertiary/aromatic N) is 2. The fraction of sp³-hybridized carbons (Fsp3) is 0.300. The van der Waals surface area contributed by atoms with Crippen LogP contribution in [0.5, 0.6) is 5.75 Å².